The Bertz CT molecular complexity index is 669. The molecule has 2 aromatic rings. The molecule has 0 bridgehead atoms. The minimum Gasteiger partial charge on any atom is -0.478 e. The second kappa shape index (κ2) is 4.85. The van der Waals surface area contributed by atoms with Crippen LogP contribution in [0.4, 0.5) is 4.39 Å². The van der Waals surface area contributed by atoms with E-state index in [4.69, 9.17) is 10.2 Å². The van der Waals surface area contributed by atoms with Crippen molar-refractivity contribution < 1.29 is 24.2 Å². The Morgan fingerprint density at radius 2 is 1.74 bits per heavy atom. The SMILES string of the molecule is O=C(O)c1ccc(-c2cnccc2C(=O)O)cc1F. The summed E-state index contributed by atoms with van der Waals surface area (Å²) in [5.41, 5.74) is -0.0131. The van der Waals surface area contributed by atoms with Crippen molar-refractivity contribution in [1.82, 2.24) is 4.98 Å². The zero-order valence-electron chi connectivity index (χ0n) is 9.50. The fourth-order valence-corrected chi connectivity index (χ4v) is 1.67. The predicted molar refractivity (Wildman–Crippen MR) is 63.5 cm³/mol. The Morgan fingerprint density at radius 3 is 2.32 bits per heavy atom. The molecule has 2 N–H and O–H groups in total. The molecular formula is C13H8FNO4. The van der Waals surface area contributed by atoms with E-state index in [2.05, 4.69) is 4.98 Å². The van der Waals surface area contributed by atoms with E-state index >= 15 is 0 Å². The summed E-state index contributed by atoms with van der Waals surface area (Å²) in [7, 11) is 0. The largest absolute Gasteiger partial charge is 0.478 e. The minimum absolute atomic E-state index is 0.0301. The average molecular weight is 261 g/mol. The summed E-state index contributed by atoms with van der Waals surface area (Å²) in [5.74, 6) is -3.47. The zero-order valence-corrected chi connectivity index (χ0v) is 9.50. The molecule has 96 valence electrons. The molecule has 1 heterocycles. The maximum Gasteiger partial charge on any atom is 0.338 e. The molecule has 0 unspecified atom stereocenters. The van der Waals surface area contributed by atoms with E-state index in [1.165, 1.54) is 24.5 Å². The smallest absolute Gasteiger partial charge is 0.338 e. The van der Waals surface area contributed by atoms with E-state index in [0.717, 1.165) is 12.1 Å². The van der Waals surface area contributed by atoms with Crippen molar-refractivity contribution in [1.29, 1.82) is 0 Å². The average Bonchev–Trinajstić information content (AvgIpc) is 2.38. The molecule has 19 heavy (non-hydrogen) atoms. The predicted octanol–water partition coefficient (Wildman–Crippen LogP) is 2.28. The number of hydrogen-bond donors (Lipinski definition) is 2. The quantitative estimate of drug-likeness (QED) is 0.884. The van der Waals surface area contributed by atoms with Gasteiger partial charge in [0.25, 0.3) is 0 Å². The molecule has 0 saturated heterocycles. The van der Waals surface area contributed by atoms with Gasteiger partial charge in [0.2, 0.25) is 0 Å². The number of hydrogen-bond acceptors (Lipinski definition) is 3. The number of halogens is 1. The Kier molecular flexibility index (Phi) is 3.24. The number of carbonyl (C=O) groups is 2. The van der Waals surface area contributed by atoms with Crippen LogP contribution in [-0.4, -0.2) is 27.1 Å². The van der Waals surface area contributed by atoms with Gasteiger partial charge in [0.05, 0.1) is 11.1 Å². The number of carboxylic acids is 2. The van der Waals surface area contributed by atoms with Crippen molar-refractivity contribution in [3.8, 4) is 11.1 Å². The van der Waals surface area contributed by atoms with Crippen LogP contribution in [0, 0.1) is 5.82 Å². The van der Waals surface area contributed by atoms with Crippen molar-refractivity contribution in [2.75, 3.05) is 0 Å². The summed E-state index contributed by atoms with van der Waals surface area (Å²) in [5, 5.41) is 17.7. The number of nitrogens with zero attached hydrogens (tertiary/aromatic N) is 1. The third-order valence-electron chi connectivity index (χ3n) is 2.56. The highest BCUT2D eigenvalue weighted by Crippen LogP contribution is 2.24. The maximum atomic E-state index is 13.6. The molecule has 5 nitrogen and oxygen atoms in total. The highest BCUT2D eigenvalue weighted by molar-refractivity contribution is 5.96. The second-order valence-electron chi connectivity index (χ2n) is 3.73. The molecule has 0 spiro atoms. The van der Waals surface area contributed by atoms with E-state index in [1.807, 2.05) is 0 Å². The molecule has 2 rings (SSSR count). The molecule has 0 aliphatic carbocycles. The van der Waals surface area contributed by atoms with E-state index in [-0.39, 0.29) is 16.7 Å². The van der Waals surface area contributed by atoms with Crippen molar-refractivity contribution in [3.63, 3.8) is 0 Å². The molecular weight excluding hydrogens is 253 g/mol. The molecule has 0 radical (unpaired) electrons. The van der Waals surface area contributed by atoms with Crippen LogP contribution < -0.4 is 0 Å². The van der Waals surface area contributed by atoms with Gasteiger partial charge in [-0.05, 0) is 23.8 Å². The molecule has 0 fully saturated rings. The lowest BCUT2D eigenvalue weighted by Gasteiger charge is -2.06. The van der Waals surface area contributed by atoms with E-state index < -0.39 is 23.3 Å². The normalized spacial score (nSPS) is 10.2. The van der Waals surface area contributed by atoms with Gasteiger partial charge in [0, 0.05) is 18.0 Å². The first-order chi connectivity index (χ1) is 9.00. The lowest BCUT2D eigenvalue weighted by molar-refractivity contribution is 0.0683. The fourth-order valence-electron chi connectivity index (χ4n) is 1.67. The van der Waals surface area contributed by atoms with Gasteiger partial charge in [0.15, 0.2) is 0 Å². The summed E-state index contributed by atoms with van der Waals surface area (Å²) < 4.78 is 13.6. The summed E-state index contributed by atoms with van der Waals surface area (Å²) >= 11 is 0. The lowest BCUT2D eigenvalue weighted by Crippen LogP contribution is -2.02. The summed E-state index contributed by atoms with van der Waals surface area (Å²) in [6.07, 6.45) is 2.60. The number of aromatic nitrogens is 1. The van der Waals surface area contributed by atoms with Gasteiger partial charge in [-0.15, -0.1) is 0 Å². The maximum absolute atomic E-state index is 13.6. The lowest BCUT2D eigenvalue weighted by atomic mass is 10.0. The van der Waals surface area contributed by atoms with E-state index in [1.54, 1.807) is 0 Å². The first-order valence-corrected chi connectivity index (χ1v) is 5.21. The number of pyridine rings is 1. The van der Waals surface area contributed by atoms with Crippen molar-refractivity contribution in [2.45, 2.75) is 0 Å². The Labute approximate surface area is 107 Å². The molecule has 0 amide bonds. The molecule has 0 saturated carbocycles. The van der Waals surface area contributed by atoms with Crippen molar-refractivity contribution in [3.05, 3.63) is 53.6 Å². The van der Waals surface area contributed by atoms with Gasteiger partial charge >= 0.3 is 11.9 Å². The Balaban J connectivity index is 2.57. The first kappa shape index (κ1) is 12.7. The Hall–Kier alpha value is -2.76. The van der Waals surface area contributed by atoms with Crippen LogP contribution in [0.25, 0.3) is 11.1 Å². The zero-order chi connectivity index (χ0) is 14.0. The number of carboxylic acid groups (broad SMARTS) is 2. The third kappa shape index (κ3) is 2.42. The summed E-state index contributed by atoms with van der Waals surface area (Å²) in [6, 6.07) is 4.70. The number of rotatable bonds is 3. The van der Waals surface area contributed by atoms with E-state index in [9.17, 15) is 14.0 Å². The topological polar surface area (TPSA) is 87.5 Å². The van der Waals surface area contributed by atoms with Crippen LogP contribution >= 0.6 is 0 Å². The third-order valence-corrected chi connectivity index (χ3v) is 2.56. The minimum atomic E-state index is -1.38. The molecule has 6 heteroatoms. The van der Waals surface area contributed by atoms with Gasteiger partial charge < -0.3 is 10.2 Å². The van der Waals surface area contributed by atoms with Crippen molar-refractivity contribution >= 4 is 11.9 Å². The summed E-state index contributed by atoms with van der Waals surface area (Å²) in [4.78, 5) is 25.5. The fraction of sp³-hybridized carbons (Fsp3) is 0. The van der Waals surface area contributed by atoms with Gasteiger partial charge in [-0.2, -0.15) is 0 Å². The highest BCUT2D eigenvalue weighted by Gasteiger charge is 2.15. The van der Waals surface area contributed by atoms with Crippen LogP contribution in [0.1, 0.15) is 20.7 Å². The standard InChI is InChI=1S/C13H8FNO4/c14-11-5-7(1-2-9(11)13(18)19)10-6-15-4-3-8(10)12(16)17/h1-6H,(H,16,17)(H,18,19). The first-order valence-electron chi connectivity index (χ1n) is 5.21. The molecule has 0 atom stereocenters. The Morgan fingerprint density at radius 1 is 1.05 bits per heavy atom. The summed E-state index contributed by atoms with van der Waals surface area (Å²) in [6.45, 7) is 0. The molecule has 0 aliphatic rings. The highest BCUT2D eigenvalue weighted by atomic mass is 19.1. The van der Waals surface area contributed by atoms with Crippen LogP contribution in [0.3, 0.4) is 0 Å². The van der Waals surface area contributed by atoms with Crippen molar-refractivity contribution in [2.24, 2.45) is 0 Å². The van der Waals surface area contributed by atoms with Crippen LogP contribution in [0.2, 0.25) is 0 Å². The second-order valence-corrected chi connectivity index (χ2v) is 3.73. The van der Waals surface area contributed by atoms with Crippen LogP contribution in [0.5, 0.6) is 0 Å². The molecule has 1 aromatic heterocycles. The van der Waals surface area contributed by atoms with Gasteiger partial charge in [-0.3, -0.25) is 4.98 Å². The van der Waals surface area contributed by atoms with E-state index in [0.29, 0.717) is 0 Å². The van der Waals surface area contributed by atoms with Gasteiger partial charge in [-0.25, -0.2) is 14.0 Å². The molecule has 0 aliphatic heterocycles. The van der Waals surface area contributed by atoms with Gasteiger partial charge in [-0.1, -0.05) is 6.07 Å². The van der Waals surface area contributed by atoms with Crippen LogP contribution in [0.15, 0.2) is 36.7 Å². The number of aromatic carboxylic acids is 2. The molecule has 1 aromatic carbocycles. The van der Waals surface area contributed by atoms with Crippen LogP contribution in [-0.2, 0) is 0 Å². The monoisotopic (exact) mass is 261 g/mol. The van der Waals surface area contributed by atoms with Gasteiger partial charge in [0.1, 0.15) is 5.82 Å². The number of benzene rings is 1.